The van der Waals surface area contributed by atoms with Gasteiger partial charge in [-0.15, -0.1) is 0 Å². The Kier molecular flexibility index (Phi) is 5.14. The van der Waals surface area contributed by atoms with Gasteiger partial charge in [0.15, 0.2) is 0 Å². The van der Waals surface area contributed by atoms with E-state index in [4.69, 9.17) is 4.74 Å². The molecule has 0 radical (unpaired) electrons. The summed E-state index contributed by atoms with van der Waals surface area (Å²) in [6.07, 6.45) is 1.08. The molecule has 156 valence electrons. The Morgan fingerprint density at radius 2 is 1.75 bits per heavy atom. The van der Waals surface area contributed by atoms with Crippen LogP contribution in [-0.2, 0) is 4.74 Å². The summed E-state index contributed by atoms with van der Waals surface area (Å²) in [5.74, 6) is 5.90. The minimum absolute atomic E-state index is 0.0218. The molecule has 32 heavy (non-hydrogen) atoms. The molecule has 0 spiro atoms. The monoisotopic (exact) mass is 421 g/mol. The standard InChI is InChI=1S/C26H19N3O3/c30-25-19-12-11-17(14-18(19)15-28-29-25)6-5-13-27-26(31)32-16-24-22-9-3-1-7-20(22)21-8-2-4-10-23(21)24/h1-4,7-12,14-15,24H,13,16H2,(H,27,31)(H,29,30). The van der Waals surface area contributed by atoms with Gasteiger partial charge in [-0.1, -0.05) is 60.4 Å². The van der Waals surface area contributed by atoms with Crippen LogP contribution < -0.4 is 10.9 Å². The van der Waals surface area contributed by atoms with Crippen molar-refractivity contribution < 1.29 is 9.53 Å². The Morgan fingerprint density at radius 3 is 2.50 bits per heavy atom. The number of nitrogens with zero attached hydrogens (tertiary/aromatic N) is 1. The first-order valence-corrected chi connectivity index (χ1v) is 10.3. The maximum atomic E-state index is 12.2. The van der Waals surface area contributed by atoms with Crippen LogP contribution in [0.4, 0.5) is 4.79 Å². The van der Waals surface area contributed by atoms with E-state index in [1.807, 2.05) is 24.3 Å². The fourth-order valence-corrected chi connectivity index (χ4v) is 4.09. The number of ether oxygens (including phenoxy) is 1. The second-order valence-electron chi connectivity index (χ2n) is 7.48. The Balaban J connectivity index is 1.20. The highest BCUT2D eigenvalue weighted by molar-refractivity contribution is 5.82. The van der Waals surface area contributed by atoms with Gasteiger partial charge in [0.05, 0.1) is 18.1 Å². The van der Waals surface area contributed by atoms with Gasteiger partial charge in [-0.05, 0) is 40.5 Å². The smallest absolute Gasteiger partial charge is 0.407 e. The van der Waals surface area contributed by atoms with Crippen LogP contribution >= 0.6 is 0 Å². The molecule has 1 amide bonds. The molecule has 1 aliphatic carbocycles. The highest BCUT2D eigenvalue weighted by atomic mass is 16.5. The van der Waals surface area contributed by atoms with Gasteiger partial charge in [0.25, 0.3) is 5.56 Å². The first-order valence-electron chi connectivity index (χ1n) is 10.3. The average Bonchev–Trinajstić information content (AvgIpc) is 3.14. The maximum absolute atomic E-state index is 12.2. The van der Waals surface area contributed by atoms with E-state index in [0.29, 0.717) is 10.8 Å². The highest BCUT2D eigenvalue weighted by Crippen LogP contribution is 2.44. The number of aromatic nitrogens is 2. The van der Waals surface area contributed by atoms with Gasteiger partial charge in [0.1, 0.15) is 6.61 Å². The molecule has 6 heteroatoms. The number of aromatic amines is 1. The van der Waals surface area contributed by atoms with Crippen molar-refractivity contribution in [1.29, 1.82) is 0 Å². The number of fused-ring (bicyclic) bond motifs is 4. The van der Waals surface area contributed by atoms with Crippen molar-refractivity contribution in [3.05, 3.63) is 100.0 Å². The Hall–Kier alpha value is -4.37. The van der Waals surface area contributed by atoms with Crippen LogP contribution in [0, 0.1) is 11.8 Å². The lowest BCUT2D eigenvalue weighted by Crippen LogP contribution is -2.26. The molecule has 0 unspecified atom stereocenters. The average molecular weight is 421 g/mol. The predicted octanol–water partition coefficient (Wildman–Crippen LogP) is 3.81. The summed E-state index contributed by atoms with van der Waals surface area (Å²) in [6.45, 7) is 0.418. The van der Waals surface area contributed by atoms with E-state index in [-0.39, 0.29) is 24.6 Å². The molecule has 1 aliphatic rings. The molecule has 0 atom stereocenters. The molecular weight excluding hydrogens is 402 g/mol. The van der Waals surface area contributed by atoms with Crippen LogP contribution in [0.25, 0.3) is 21.9 Å². The van der Waals surface area contributed by atoms with Crippen LogP contribution in [-0.4, -0.2) is 29.4 Å². The van der Waals surface area contributed by atoms with E-state index in [1.165, 1.54) is 22.3 Å². The van der Waals surface area contributed by atoms with Gasteiger partial charge in [-0.25, -0.2) is 9.89 Å². The zero-order valence-electron chi connectivity index (χ0n) is 17.1. The summed E-state index contributed by atoms with van der Waals surface area (Å²) >= 11 is 0. The number of hydrogen-bond acceptors (Lipinski definition) is 4. The van der Waals surface area contributed by atoms with Crippen molar-refractivity contribution in [2.45, 2.75) is 5.92 Å². The number of H-pyrrole nitrogens is 1. The second kappa shape index (κ2) is 8.40. The number of nitrogens with one attached hydrogen (secondary N) is 2. The number of amides is 1. The zero-order chi connectivity index (χ0) is 21.9. The lowest BCUT2D eigenvalue weighted by Gasteiger charge is -2.14. The molecule has 0 saturated heterocycles. The fourth-order valence-electron chi connectivity index (χ4n) is 4.09. The zero-order valence-corrected chi connectivity index (χ0v) is 17.1. The molecule has 3 aromatic carbocycles. The normalized spacial score (nSPS) is 11.9. The van der Waals surface area contributed by atoms with Gasteiger partial charge in [0, 0.05) is 16.9 Å². The predicted molar refractivity (Wildman–Crippen MR) is 122 cm³/mol. The van der Waals surface area contributed by atoms with Crippen LogP contribution in [0.5, 0.6) is 0 Å². The largest absolute Gasteiger partial charge is 0.449 e. The van der Waals surface area contributed by atoms with Crippen molar-refractivity contribution in [3.63, 3.8) is 0 Å². The van der Waals surface area contributed by atoms with Gasteiger partial charge >= 0.3 is 6.09 Å². The van der Waals surface area contributed by atoms with Crippen molar-refractivity contribution in [3.8, 4) is 23.0 Å². The van der Waals surface area contributed by atoms with E-state index in [9.17, 15) is 9.59 Å². The van der Waals surface area contributed by atoms with E-state index in [1.54, 1.807) is 24.4 Å². The minimum Gasteiger partial charge on any atom is -0.449 e. The first-order chi connectivity index (χ1) is 15.7. The third-order valence-corrected chi connectivity index (χ3v) is 5.56. The van der Waals surface area contributed by atoms with E-state index in [2.05, 4.69) is 51.6 Å². The van der Waals surface area contributed by atoms with Crippen molar-refractivity contribution in [2.24, 2.45) is 0 Å². The van der Waals surface area contributed by atoms with E-state index in [0.717, 1.165) is 5.56 Å². The van der Waals surface area contributed by atoms with Crippen molar-refractivity contribution >= 4 is 16.9 Å². The summed E-state index contributed by atoms with van der Waals surface area (Å²) < 4.78 is 5.50. The first kappa shape index (κ1) is 19.6. The van der Waals surface area contributed by atoms with E-state index < -0.39 is 6.09 Å². The van der Waals surface area contributed by atoms with Crippen molar-refractivity contribution in [1.82, 2.24) is 15.5 Å². The van der Waals surface area contributed by atoms with Gasteiger partial charge in [-0.2, -0.15) is 5.10 Å². The molecule has 0 fully saturated rings. The van der Waals surface area contributed by atoms with Crippen LogP contribution in [0.15, 0.2) is 77.7 Å². The third kappa shape index (κ3) is 3.72. The minimum atomic E-state index is -0.504. The number of carbonyl (C=O) groups is 1. The Morgan fingerprint density at radius 1 is 1.03 bits per heavy atom. The number of rotatable bonds is 3. The fraction of sp³-hybridized carbons (Fsp3) is 0.115. The van der Waals surface area contributed by atoms with Gasteiger partial charge in [-0.3, -0.25) is 4.79 Å². The molecule has 2 N–H and O–H groups in total. The molecule has 1 aromatic heterocycles. The van der Waals surface area contributed by atoms with Crippen LogP contribution in [0.1, 0.15) is 22.6 Å². The Labute approximate surface area is 184 Å². The lowest BCUT2D eigenvalue weighted by molar-refractivity contribution is 0.144. The molecule has 4 aromatic rings. The van der Waals surface area contributed by atoms with Gasteiger partial charge < -0.3 is 10.1 Å². The van der Waals surface area contributed by atoms with Gasteiger partial charge in [0.2, 0.25) is 0 Å². The molecule has 6 nitrogen and oxygen atoms in total. The quantitative estimate of drug-likeness (QED) is 0.493. The number of carbonyl (C=O) groups excluding carboxylic acids is 1. The van der Waals surface area contributed by atoms with Crippen LogP contribution in [0.3, 0.4) is 0 Å². The SMILES string of the molecule is O=C(NCC#Cc1ccc2c(=O)[nH]ncc2c1)OCC1c2ccccc2-c2ccccc21. The molecular formula is C26H19N3O3. The summed E-state index contributed by atoms with van der Waals surface area (Å²) in [7, 11) is 0. The van der Waals surface area contributed by atoms with Crippen molar-refractivity contribution in [2.75, 3.05) is 13.2 Å². The molecule has 0 bridgehead atoms. The summed E-state index contributed by atoms with van der Waals surface area (Å²) in [5, 5.41) is 10.1. The highest BCUT2D eigenvalue weighted by Gasteiger charge is 2.28. The molecule has 5 rings (SSSR count). The summed E-state index contributed by atoms with van der Waals surface area (Å²) in [4.78, 5) is 23.9. The number of benzene rings is 3. The molecule has 0 aliphatic heterocycles. The number of hydrogen-bond donors (Lipinski definition) is 2. The maximum Gasteiger partial charge on any atom is 0.407 e. The van der Waals surface area contributed by atoms with E-state index >= 15 is 0 Å². The molecule has 0 saturated carbocycles. The summed E-state index contributed by atoms with van der Waals surface area (Å²) in [6, 6.07) is 21.7. The van der Waals surface area contributed by atoms with Crippen LogP contribution in [0.2, 0.25) is 0 Å². The molecule has 1 heterocycles. The topological polar surface area (TPSA) is 84.1 Å². The Bertz CT molecular complexity index is 1400. The third-order valence-electron chi connectivity index (χ3n) is 5.56. The summed E-state index contributed by atoms with van der Waals surface area (Å²) in [5.41, 5.74) is 5.22. The second-order valence-corrected chi connectivity index (χ2v) is 7.48. The lowest BCUT2D eigenvalue weighted by atomic mass is 9.98. The number of alkyl carbamates (subject to hydrolysis) is 1.